The van der Waals surface area contributed by atoms with Crippen molar-refractivity contribution in [2.45, 2.75) is 0 Å². The van der Waals surface area contributed by atoms with Crippen LogP contribution in [0.5, 0.6) is 5.75 Å². The van der Waals surface area contributed by atoms with Gasteiger partial charge in [0.1, 0.15) is 12.4 Å². The van der Waals surface area contributed by atoms with Crippen LogP contribution in [0.3, 0.4) is 0 Å². The highest BCUT2D eigenvalue weighted by atomic mass is 31.2. The number of aliphatic hydroxyl groups is 1. The molecule has 0 saturated heterocycles. The van der Waals surface area contributed by atoms with Crippen LogP contribution in [0.25, 0.3) is 10.8 Å². The summed E-state index contributed by atoms with van der Waals surface area (Å²) in [6.45, 7) is -0.316. The molecule has 0 aliphatic carbocycles. The van der Waals surface area contributed by atoms with Crippen molar-refractivity contribution < 1.29 is 28.3 Å². The highest BCUT2D eigenvalue weighted by Crippen LogP contribution is 2.44. The lowest BCUT2D eigenvalue weighted by Crippen LogP contribution is -2.41. The van der Waals surface area contributed by atoms with Gasteiger partial charge >= 0.3 is 8.60 Å². The molecule has 2 amide bonds. The minimum atomic E-state index is -1.71. The molecule has 2 aromatic carbocycles. The Morgan fingerprint density at radius 2 is 1.92 bits per heavy atom. The lowest BCUT2D eigenvalue weighted by Gasteiger charge is -2.27. The largest absolute Gasteiger partial charge is 0.426 e. The second-order valence-corrected chi connectivity index (χ2v) is 6.55. The van der Waals surface area contributed by atoms with Crippen molar-refractivity contribution in [3.63, 3.8) is 0 Å². The lowest BCUT2D eigenvalue weighted by atomic mass is 9.93. The Kier molecular flexibility index (Phi) is 5.50. The minimum absolute atomic E-state index is 0.0356. The van der Waals surface area contributed by atoms with Crippen molar-refractivity contribution in [3.8, 4) is 18.1 Å². The van der Waals surface area contributed by atoms with E-state index in [4.69, 9.17) is 25.1 Å². The molecule has 1 aliphatic rings. The summed E-state index contributed by atoms with van der Waals surface area (Å²) >= 11 is 0. The van der Waals surface area contributed by atoms with Crippen molar-refractivity contribution in [1.29, 1.82) is 0 Å². The van der Waals surface area contributed by atoms with Gasteiger partial charge in [-0.25, -0.2) is 0 Å². The molecule has 3 rings (SSSR count). The van der Waals surface area contributed by atoms with E-state index in [1.165, 1.54) is 7.11 Å². The summed E-state index contributed by atoms with van der Waals surface area (Å²) in [7, 11) is -0.274. The number of nitrogens with zero attached hydrogens (tertiary/aromatic N) is 1. The molecule has 0 spiro atoms. The Labute approximate surface area is 151 Å². The van der Waals surface area contributed by atoms with E-state index in [2.05, 4.69) is 5.92 Å². The Bertz CT molecular complexity index is 884. The van der Waals surface area contributed by atoms with Crippen LogP contribution in [0.1, 0.15) is 20.7 Å². The van der Waals surface area contributed by atoms with Gasteiger partial charge in [-0.2, -0.15) is 0 Å². The van der Waals surface area contributed by atoms with E-state index < -0.39 is 20.4 Å². The maximum Gasteiger partial charge on any atom is 0.397 e. The molecule has 1 heterocycles. The number of carbonyl (C=O) groups excluding carboxylic acids is 2. The number of amides is 2. The first kappa shape index (κ1) is 18.3. The molecule has 1 N–H and O–H groups in total. The number of hydrogen-bond donors (Lipinski definition) is 1. The fraction of sp³-hybridized carbons (Fsp3) is 0.222. The van der Waals surface area contributed by atoms with E-state index >= 15 is 0 Å². The van der Waals surface area contributed by atoms with Gasteiger partial charge in [0.2, 0.25) is 0 Å². The molecule has 0 saturated carbocycles. The number of hydrogen-bond acceptors (Lipinski definition) is 6. The molecule has 8 heteroatoms. The number of carbonyl (C=O) groups is 2. The van der Waals surface area contributed by atoms with Crippen LogP contribution < -0.4 is 4.52 Å². The molecule has 0 aromatic heterocycles. The summed E-state index contributed by atoms with van der Waals surface area (Å²) in [5.41, 5.74) is 0.754. The molecule has 0 radical (unpaired) electrons. The third kappa shape index (κ3) is 3.16. The van der Waals surface area contributed by atoms with E-state index in [0.717, 1.165) is 4.90 Å². The Balaban J connectivity index is 2.07. The fourth-order valence-electron chi connectivity index (χ4n) is 2.79. The van der Waals surface area contributed by atoms with Gasteiger partial charge in [-0.15, -0.1) is 6.42 Å². The molecule has 0 bridgehead atoms. The molecule has 0 fully saturated rings. The monoisotopic (exact) mass is 373 g/mol. The van der Waals surface area contributed by atoms with Gasteiger partial charge in [0.05, 0.1) is 13.2 Å². The zero-order chi connectivity index (χ0) is 18.7. The van der Waals surface area contributed by atoms with Gasteiger partial charge in [-0.3, -0.25) is 19.0 Å². The SMILES string of the molecule is C#CCOP(OC)Oc1ccc2c3c(cccc13)C(=O)N(CCO)C2=O. The standard InChI is InChI=1S/C18H16NO6P/c1-3-11-24-26(23-2)25-15-8-7-14-16-12(15)5-4-6-13(16)17(21)19(9-10-20)18(14)22/h1,4-8,20H,9-11H2,2H3. The number of imide groups is 1. The number of terminal acetylenes is 1. The normalized spacial score (nSPS) is 14.4. The molecule has 134 valence electrons. The van der Waals surface area contributed by atoms with Crippen LogP contribution >= 0.6 is 8.60 Å². The molecule has 1 unspecified atom stereocenters. The van der Waals surface area contributed by atoms with E-state index in [1.807, 2.05) is 0 Å². The van der Waals surface area contributed by atoms with Crippen LogP contribution in [0, 0.1) is 12.3 Å². The molecule has 7 nitrogen and oxygen atoms in total. The number of aliphatic hydroxyl groups excluding tert-OH is 1. The van der Waals surface area contributed by atoms with Crippen molar-refractivity contribution >= 4 is 31.2 Å². The summed E-state index contributed by atoms with van der Waals surface area (Å²) < 4.78 is 16.2. The fourth-order valence-corrected chi connectivity index (χ4v) is 3.52. The third-order valence-electron chi connectivity index (χ3n) is 3.85. The lowest BCUT2D eigenvalue weighted by molar-refractivity contribution is 0.0580. The zero-order valence-corrected chi connectivity index (χ0v) is 14.9. The highest BCUT2D eigenvalue weighted by molar-refractivity contribution is 7.42. The van der Waals surface area contributed by atoms with Gasteiger partial charge in [-0.1, -0.05) is 18.1 Å². The first-order valence-corrected chi connectivity index (χ1v) is 8.83. The summed E-state index contributed by atoms with van der Waals surface area (Å²) in [5, 5.41) is 10.2. The maximum absolute atomic E-state index is 12.6. The first-order chi connectivity index (χ1) is 12.6. The van der Waals surface area contributed by atoms with Crippen molar-refractivity contribution in [2.24, 2.45) is 0 Å². The van der Waals surface area contributed by atoms with E-state index in [9.17, 15) is 9.59 Å². The van der Waals surface area contributed by atoms with Crippen LogP contribution in [-0.4, -0.2) is 48.7 Å². The summed E-state index contributed by atoms with van der Waals surface area (Å²) in [5.74, 6) is 1.87. The number of benzene rings is 2. The molecule has 1 atom stereocenters. The molecular weight excluding hydrogens is 357 g/mol. The van der Waals surface area contributed by atoms with Crippen LogP contribution in [0.15, 0.2) is 30.3 Å². The molecule has 2 aromatic rings. The molecule has 1 aliphatic heterocycles. The molecule has 26 heavy (non-hydrogen) atoms. The summed E-state index contributed by atoms with van der Waals surface area (Å²) in [4.78, 5) is 26.3. The van der Waals surface area contributed by atoms with Gasteiger partial charge in [0.25, 0.3) is 11.8 Å². The number of rotatable bonds is 7. The van der Waals surface area contributed by atoms with Crippen molar-refractivity contribution in [2.75, 3.05) is 26.9 Å². The average Bonchev–Trinajstić information content (AvgIpc) is 2.67. The zero-order valence-electron chi connectivity index (χ0n) is 14.0. The first-order valence-electron chi connectivity index (χ1n) is 7.73. The van der Waals surface area contributed by atoms with Crippen LogP contribution in [0.4, 0.5) is 0 Å². The predicted octanol–water partition coefficient (Wildman–Crippen LogP) is 2.33. The van der Waals surface area contributed by atoms with E-state index in [0.29, 0.717) is 27.6 Å². The second-order valence-electron chi connectivity index (χ2n) is 5.30. The van der Waals surface area contributed by atoms with Crippen LogP contribution in [0.2, 0.25) is 0 Å². The van der Waals surface area contributed by atoms with Crippen molar-refractivity contribution in [1.82, 2.24) is 4.90 Å². The second kappa shape index (κ2) is 7.81. The van der Waals surface area contributed by atoms with Crippen LogP contribution in [-0.2, 0) is 9.05 Å². The summed E-state index contributed by atoms with van der Waals surface area (Å²) in [6, 6.07) is 8.31. The van der Waals surface area contributed by atoms with E-state index in [-0.39, 0.29) is 19.8 Å². The Morgan fingerprint density at radius 1 is 1.19 bits per heavy atom. The van der Waals surface area contributed by atoms with E-state index in [1.54, 1.807) is 30.3 Å². The smallest absolute Gasteiger partial charge is 0.397 e. The predicted molar refractivity (Wildman–Crippen MR) is 95.7 cm³/mol. The van der Waals surface area contributed by atoms with Gasteiger partial charge in [0.15, 0.2) is 0 Å². The summed E-state index contributed by atoms with van der Waals surface area (Å²) in [6.07, 6.45) is 5.18. The average molecular weight is 373 g/mol. The Hall–Kier alpha value is -2.49. The Morgan fingerprint density at radius 3 is 2.58 bits per heavy atom. The topological polar surface area (TPSA) is 85.3 Å². The van der Waals surface area contributed by atoms with Gasteiger partial charge in [0, 0.05) is 29.0 Å². The maximum atomic E-state index is 12.6. The number of β-amino-alcohol motifs (C(OH)–C–C–N with tert-alkyl or cyclic N) is 1. The third-order valence-corrected chi connectivity index (χ3v) is 4.83. The molecular formula is C18H16NO6P. The van der Waals surface area contributed by atoms with Crippen molar-refractivity contribution in [3.05, 3.63) is 41.5 Å². The highest BCUT2D eigenvalue weighted by Gasteiger charge is 2.33. The quantitative estimate of drug-likeness (QED) is 0.456. The minimum Gasteiger partial charge on any atom is -0.426 e. The van der Waals surface area contributed by atoms with Gasteiger partial charge < -0.3 is 14.2 Å². The van der Waals surface area contributed by atoms with Gasteiger partial charge in [-0.05, 0) is 18.2 Å².